The fourth-order valence-corrected chi connectivity index (χ4v) is 5.75. The SMILES string of the molecule is C=CC(=O)Nc1cc(Nc2ncc(F)c(O[C@H]3CCN(S(C)(=O)=O)C3)n2)c(OC)cc1N1CCC(N(C)C)CC1. The molecule has 2 N–H and O–H groups in total. The number of rotatable bonds is 10. The van der Waals surface area contributed by atoms with E-state index < -0.39 is 21.9 Å². The van der Waals surface area contributed by atoms with Crippen molar-refractivity contribution in [2.24, 2.45) is 0 Å². The maximum atomic E-state index is 14.5. The third-order valence-electron chi connectivity index (χ3n) is 7.11. The number of methoxy groups -OCH3 is 1. The number of benzene rings is 1. The number of piperidine rings is 1. The van der Waals surface area contributed by atoms with E-state index in [1.807, 2.05) is 6.07 Å². The van der Waals surface area contributed by atoms with Gasteiger partial charge in [-0.2, -0.15) is 13.7 Å². The number of carbonyl (C=O) groups is 1. The summed E-state index contributed by atoms with van der Waals surface area (Å²) >= 11 is 0. The Hall–Kier alpha value is -3.49. The number of hydrogen-bond acceptors (Lipinski definition) is 10. The number of amides is 1. The summed E-state index contributed by atoms with van der Waals surface area (Å²) in [4.78, 5) is 24.9. The maximum absolute atomic E-state index is 14.5. The molecule has 2 saturated heterocycles. The molecule has 2 aromatic rings. The van der Waals surface area contributed by atoms with Gasteiger partial charge in [0.15, 0.2) is 0 Å². The third-order valence-corrected chi connectivity index (χ3v) is 8.38. The van der Waals surface area contributed by atoms with Gasteiger partial charge in [-0.3, -0.25) is 4.79 Å². The molecule has 0 radical (unpaired) electrons. The first-order valence-corrected chi connectivity index (χ1v) is 14.8. The largest absolute Gasteiger partial charge is 0.494 e. The predicted octanol–water partition coefficient (Wildman–Crippen LogP) is 2.44. The fourth-order valence-electron chi connectivity index (χ4n) is 4.87. The average Bonchev–Trinajstić information content (AvgIpc) is 3.40. The van der Waals surface area contributed by atoms with E-state index in [1.165, 1.54) is 17.5 Å². The Morgan fingerprint density at radius 1 is 1.20 bits per heavy atom. The van der Waals surface area contributed by atoms with Gasteiger partial charge in [0.1, 0.15) is 11.9 Å². The minimum absolute atomic E-state index is 0.0354. The van der Waals surface area contributed by atoms with Gasteiger partial charge in [0.2, 0.25) is 27.7 Å². The summed E-state index contributed by atoms with van der Waals surface area (Å²) in [5.41, 5.74) is 1.79. The Morgan fingerprint density at radius 3 is 2.52 bits per heavy atom. The molecule has 2 fully saturated rings. The highest BCUT2D eigenvalue weighted by Gasteiger charge is 2.31. The van der Waals surface area contributed by atoms with E-state index in [9.17, 15) is 17.6 Å². The van der Waals surface area contributed by atoms with Gasteiger partial charge in [-0.25, -0.2) is 13.4 Å². The number of sulfonamides is 1. The number of nitrogens with one attached hydrogen (secondary N) is 2. The molecular weight excluding hydrogens is 541 g/mol. The number of carbonyl (C=O) groups excluding carboxylic acids is 1. The number of nitrogens with zero attached hydrogens (tertiary/aromatic N) is 5. The van der Waals surface area contributed by atoms with E-state index in [-0.39, 0.29) is 30.8 Å². The number of ether oxygens (including phenoxy) is 2. The van der Waals surface area contributed by atoms with Crippen LogP contribution in [-0.4, -0.2) is 99.3 Å². The van der Waals surface area contributed by atoms with Gasteiger partial charge < -0.3 is 29.9 Å². The van der Waals surface area contributed by atoms with Gasteiger partial charge in [-0.05, 0) is 45.5 Å². The second kappa shape index (κ2) is 12.4. The zero-order chi connectivity index (χ0) is 29.0. The van der Waals surface area contributed by atoms with Crippen molar-refractivity contribution in [3.63, 3.8) is 0 Å². The van der Waals surface area contributed by atoms with Crippen molar-refractivity contribution in [3.8, 4) is 11.6 Å². The van der Waals surface area contributed by atoms with E-state index in [0.717, 1.165) is 44.1 Å². The molecule has 0 aliphatic carbocycles. The first-order chi connectivity index (χ1) is 19.0. The minimum atomic E-state index is -3.37. The summed E-state index contributed by atoms with van der Waals surface area (Å²) in [6, 6.07) is 4.02. The fraction of sp³-hybridized carbons (Fsp3) is 0.500. The molecule has 0 unspecified atom stereocenters. The van der Waals surface area contributed by atoms with Gasteiger partial charge in [0.25, 0.3) is 5.88 Å². The molecule has 2 aliphatic heterocycles. The Kier molecular flexibility index (Phi) is 9.11. The molecule has 0 bridgehead atoms. The Morgan fingerprint density at radius 2 is 1.93 bits per heavy atom. The van der Waals surface area contributed by atoms with Crippen molar-refractivity contribution in [1.29, 1.82) is 0 Å². The van der Waals surface area contributed by atoms with Crippen LogP contribution in [0.5, 0.6) is 11.6 Å². The topological polar surface area (TPSA) is 129 Å². The van der Waals surface area contributed by atoms with Crippen molar-refractivity contribution >= 4 is 38.9 Å². The van der Waals surface area contributed by atoms with E-state index in [0.29, 0.717) is 29.6 Å². The van der Waals surface area contributed by atoms with Crippen LogP contribution >= 0.6 is 0 Å². The standard InChI is InChI=1S/C26H36FN7O5S/c1-6-24(35)29-20-13-21(23(38-4)14-22(20)33-10-7-17(8-11-33)32(2)3)30-26-28-15-19(27)25(31-26)39-18-9-12-34(16-18)40(5,36)37/h6,13-15,17-18H,1,7-12,16H2,2-5H3,(H,29,35)(H,28,30,31)/t18-/m0/s1. The lowest BCUT2D eigenvalue weighted by Crippen LogP contribution is -2.42. The first kappa shape index (κ1) is 29.5. The van der Waals surface area contributed by atoms with Crippen molar-refractivity contribution in [1.82, 2.24) is 19.2 Å². The lowest BCUT2D eigenvalue weighted by molar-refractivity contribution is -0.111. The van der Waals surface area contributed by atoms with Gasteiger partial charge in [-0.15, -0.1) is 0 Å². The molecule has 12 nitrogen and oxygen atoms in total. The Bertz CT molecular complexity index is 1350. The van der Waals surface area contributed by atoms with Crippen LogP contribution in [0.4, 0.5) is 27.4 Å². The summed E-state index contributed by atoms with van der Waals surface area (Å²) in [7, 11) is 2.31. The van der Waals surface area contributed by atoms with E-state index in [4.69, 9.17) is 9.47 Å². The summed E-state index contributed by atoms with van der Waals surface area (Å²) in [5, 5.41) is 5.90. The first-order valence-electron chi connectivity index (χ1n) is 13.0. The van der Waals surface area contributed by atoms with Crippen LogP contribution < -0.4 is 25.0 Å². The van der Waals surface area contributed by atoms with E-state index in [2.05, 4.69) is 51.1 Å². The molecule has 4 rings (SSSR count). The van der Waals surface area contributed by atoms with Crippen LogP contribution in [0.1, 0.15) is 19.3 Å². The van der Waals surface area contributed by atoms with E-state index in [1.54, 1.807) is 6.07 Å². The second-order valence-electron chi connectivity index (χ2n) is 10.1. The lowest BCUT2D eigenvalue weighted by atomic mass is 10.0. The van der Waals surface area contributed by atoms with Gasteiger partial charge >= 0.3 is 0 Å². The monoisotopic (exact) mass is 577 g/mol. The lowest BCUT2D eigenvalue weighted by Gasteiger charge is -2.37. The van der Waals surface area contributed by atoms with Gasteiger partial charge in [-0.1, -0.05) is 6.58 Å². The van der Waals surface area contributed by atoms with Crippen LogP contribution in [-0.2, 0) is 14.8 Å². The maximum Gasteiger partial charge on any atom is 0.255 e. The van der Waals surface area contributed by atoms with Crippen molar-refractivity contribution < 1.29 is 27.1 Å². The van der Waals surface area contributed by atoms with Crippen molar-refractivity contribution in [2.75, 3.05) is 69.2 Å². The summed E-state index contributed by atoms with van der Waals surface area (Å²) < 4.78 is 50.8. The summed E-state index contributed by atoms with van der Waals surface area (Å²) in [6.45, 7) is 5.55. The molecule has 0 saturated carbocycles. The molecule has 14 heteroatoms. The molecule has 1 aromatic heterocycles. The Balaban J connectivity index is 1.58. The summed E-state index contributed by atoms with van der Waals surface area (Å²) in [6.07, 6.45) is 5.10. The van der Waals surface area contributed by atoms with Crippen LogP contribution in [0.2, 0.25) is 0 Å². The molecule has 218 valence electrons. The molecule has 3 heterocycles. The average molecular weight is 578 g/mol. The van der Waals surface area contributed by atoms with Crippen LogP contribution in [0.15, 0.2) is 31.0 Å². The zero-order valence-corrected chi connectivity index (χ0v) is 24.0. The highest BCUT2D eigenvalue weighted by atomic mass is 32.2. The van der Waals surface area contributed by atoms with Crippen LogP contribution in [0.3, 0.4) is 0 Å². The van der Waals surface area contributed by atoms with Crippen molar-refractivity contribution in [3.05, 3.63) is 36.8 Å². The highest BCUT2D eigenvalue weighted by Crippen LogP contribution is 2.39. The molecule has 40 heavy (non-hydrogen) atoms. The smallest absolute Gasteiger partial charge is 0.255 e. The number of halogens is 1. The zero-order valence-electron chi connectivity index (χ0n) is 23.2. The van der Waals surface area contributed by atoms with Gasteiger partial charge in [0, 0.05) is 31.7 Å². The number of hydrogen-bond donors (Lipinski definition) is 2. The predicted molar refractivity (Wildman–Crippen MR) is 151 cm³/mol. The van der Waals surface area contributed by atoms with Crippen molar-refractivity contribution in [2.45, 2.75) is 31.4 Å². The molecular formula is C26H36FN7O5S. The van der Waals surface area contributed by atoms with Crippen LogP contribution in [0, 0.1) is 5.82 Å². The van der Waals surface area contributed by atoms with Crippen LogP contribution in [0.25, 0.3) is 0 Å². The Labute approximate surface area is 234 Å². The molecule has 0 spiro atoms. The highest BCUT2D eigenvalue weighted by molar-refractivity contribution is 7.88. The molecule has 1 amide bonds. The molecule has 1 atom stereocenters. The molecule has 1 aromatic carbocycles. The minimum Gasteiger partial charge on any atom is -0.494 e. The second-order valence-corrected chi connectivity index (χ2v) is 12.0. The van der Waals surface area contributed by atoms with Gasteiger partial charge in [0.05, 0.1) is 43.2 Å². The number of aromatic nitrogens is 2. The summed E-state index contributed by atoms with van der Waals surface area (Å²) in [5.74, 6) is -0.929. The quantitative estimate of drug-likeness (QED) is 0.406. The molecule has 2 aliphatic rings. The normalized spacial score (nSPS) is 18.6. The third kappa shape index (κ3) is 6.98. The number of anilines is 4. The van der Waals surface area contributed by atoms with E-state index >= 15 is 0 Å².